The molecule has 1 fully saturated rings. The van der Waals surface area contributed by atoms with Gasteiger partial charge in [-0.25, -0.2) is 0 Å². The van der Waals surface area contributed by atoms with Crippen LogP contribution in [0.1, 0.15) is 43.7 Å². The second kappa shape index (κ2) is 5.78. The highest BCUT2D eigenvalue weighted by molar-refractivity contribution is 5.81. The lowest BCUT2D eigenvalue weighted by Gasteiger charge is -2.34. The molecule has 1 aromatic carbocycles. The summed E-state index contributed by atoms with van der Waals surface area (Å²) in [6, 6.07) is 7.97. The number of amides is 1. The van der Waals surface area contributed by atoms with E-state index < -0.39 is 5.60 Å². The van der Waals surface area contributed by atoms with Crippen molar-refractivity contribution in [1.82, 2.24) is 5.32 Å². The number of aliphatic hydroxyl groups is 1. The maximum atomic E-state index is 12.1. The molecule has 114 valence electrons. The van der Waals surface area contributed by atoms with Crippen molar-refractivity contribution in [2.75, 3.05) is 6.54 Å². The summed E-state index contributed by atoms with van der Waals surface area (Å²) in [5.41, 5.74) is 1.19. The van der Waals surface area contributed by atoms with E-state index in [1.807, 2.05) is 25.1 Å². The third kappa shape index (κ3) is 2.97. The average molecular weight is 289 g/mol. The first-order valence-electron chi connectivity index (χ1n) is 7.82. The lowest BCUT2D eigenvalue weighted by molar-refractivity contribution is -0.133. The Labute approximate surface area is 125 Å². The molecule has 2 aliphatic rings. The third-order valence-electron chi connectivity index (χ3n) is 4.63. The topological polar surface area (TPSA) is 58.6 Å². The third-order valence-corrected chi connectivity index (χ3v) is 4.63. The van der Waals surface area contributed by atoms with Crippen LogP contribution in [0.4, 0.5) is 0 Å². The summed E-state index contributed by atoms with van der Waals surface area (Å²) in [4.78, 5) is 12.1. The average Bonchev–Trinajstić information content (AvgIpc) is 2.92. The molecule has 3 unspecified atom stereocenters. The number of carbonyl (C=O) groups is 1. The number of ether oxygens (including phenoxy) is 1. The van der Waals surface area contributed by atoms with E-state index in [4.69, 9.17) is 4.74 Å². The summed E-state index contributed by atoms with van der Waals surface area (Å²) < 4.78 is 5.57. The fourth-order valence-electron chi connectivity index (χ4n) is 3.42. The Morgan fingerprint density at radius 2 is 2.24 bits per heavy atom. The molecule has 0 saturated carbocycles. The van der Waals surface area contributed by atoms with Gasteiger partial charge < -0.3 is 15.2 Å². The van der Waals surface area contributed by atoms with E-state index in [1.54, 1.807) is 0 Å². The Morgan fingerprint density at radius 3 is 3.00 bits per heavy atom. The van der Waals surface area contributed by atoms with Crippen molar-refractivity contribution in [2.24, 2.45) is 0 Å². The zero-order valence-corrected chi connectivity index (χ0v) is 12.5. The molecule has 1 aliphatic heterocycles. The molecular weight excluding hydrogens is 266 g/mol. The smallest absolute Gasteiger partial charge is 0.249 e. The highest BCUT2D eigenvalue weighted by Gasteiger charge is 2.36. The summed E-state index contributed by atoms with van der Waals surface area (Å²) in [6.45, 7) is 2.25. The number of carbonyl (C=O) groups excluding carboxylic acids is 1. The van der Waals surface area contributed by atoms with Crippen molar-refractivity contribution in [3.05, 3.63) is 35.4 Å². The molecule has 0 bridgehead atoms. The second-order valence-corrected chi connectivity index (χ2v) is 6.27. The van der Waals surface area contributed by atoms with Crippen LogP contribution in [0.2, 0.25) is 0 Å². The number of fused-ring (bicyclic) bond motifs is 1. The van der Waals surface area contributed by atoms with Gasteiger partial charge in [0, 0.05) is 0 Å². The zero-order chi connectivity index (χ0) is 14.9. The normalized spacial score (nSPS) is 31.7. The molecule has 1 heterocycles. The number of benzene rings is 1. The van der Waals surface area contributed by atoms with Gasteiger partial charge in [-0.1, -0.05) is 24.3 Å². The molecule has 1 amide bonds. The van der Waals surface area contributed by atoms with Crippen molar-refractivity contribution in [1.29, 1.82) is 0 Å². The Balaban J connectivity index is 1.66. The molecule has 2 N–H and O–H groups in total. The first kappa shape index (κ1) is 14.5. The van der Waals surface area contributed by atoms with Crippen molar-refractivity contribution < 1.29 is 14.6 Å². The highest BCUT2D eigenvalue weighted by atomic mass is 16.5. The molecule has 1 saturated heterocycles. The van der Waals surface area contributed by atoms with E-state index in [1.165, 1.54) is 5.56 Å². The molecule has 0 aromatic heterocycles. The first-order chi connectivity index (χ1) is 10.1. The van der Waals surface area contributed by atoms with Gasteiger partial charge in [0.2, 0.25) is 5.91 Å². The Hall–Kier alpha value is -1.39. The largest absolute Gasteiger partial charge is 0.383 e. The maximum absolute atomic E-state index is 12.1. The minimum absolute atomic E-state index is 0.101. The van der Waals surface area contributed by atoms with E-state index in [-0.39, 0.29) is 24.7 Å². The summed E-state index contributed by atoms with van der Waals surface area (Å²) >= 11 is 0. The van der Waals surface area contributed by atoms with Gasteiger partial charge in [-0.05, 0) is 50.2 Å². The van der Waals surface area contributed by atoms with Crippen LogP contribution in [0.5, 0.6) is 0 Å². The van der Waals surface area contributed by atoms with Crippen LogP contribution in [0.25, 0.3) is 0 Å². The Kier molecular flexibility index (Phi) is 4.00. The van der Waals surface area contributed by atoms with E-state index in [2.05, 4.69) is 11.4 Å². The Morgan fingerprint density at radius 1 is 1.43 bits per heavy atom. The van der Waals surface area contributed by atoms with Gasteiger partial charge in [0.05, 0.1) is 12.6 Å². The molecule has 4 heteroatoms. The minimum atomic E-state index is -0.950. The quantitative estimate of drug-likeness (QED) is 0.893. The van der Waals surface area contributed by atoms with Gasteiger partial charge in [-0.3, -0.25) is 4.79 Å². The fourth-order valence-corrected chi connectivity index (χ4v) is 3.42. The van der Waals surface area contributed by atoms with Gasteiger partial charge in [0.1, 0.15) is 11.7 Å². The van der Waals surface area contributed by atoms with Crippen LogP contribution < -0.4 is 5.32 Å². The number of hydrogen-bond acceptors (Lipinski definition) is 3. The van der Waals surface area contributed by atoms with Crippen LogP contribution in [0.3, 0.4) is 0 Å². The van der Waals surface area contributed by atoms with Crippen molar-refractivity contribution in [2.45, 2.75) is 56.8 Å². The van der Waals surface area contributed by atoms with Crippen molar-refractivity contribution >= 4 is 5.91 Å². The molecule has 1 aliphatic carbocycles. The standard InChI is InChI=1S/C17H23NO3/c1-12-8-9-15(21-12)16(19)18-11-17(20)10-4-6-13-5-2-3-7-14(13)17/h2-3,5,7,12,15,20H,4,6,8-11H2,1H3,(H,18,19). The van der Waals surface area contributed by atoms with Crippen LogP contribution >= 0.6 is 0 Å². The molecule has 4 nitrogen and oxygen atoms in total. The molecule has 3 rings (SSSR count). The monoisotopic (exact) mass is 289 g/mol. The lowest BCUT2D eigenvalue weighted by atomic mass is 9.79. The predicted molar refractivity (Wildman–Crippen MR) is 79.9 cm³/mol. The van der Waals surface area contributed by atoms with Gasteiger partial charge in [0.15, 0.2) is 0 Å². The summed E-state index contributed by atoms with van der Waals surface area (Å²) in [6.07, 6.45) is 4.11. The lowest BCUT2D eigenvalue weighted by Crippen LogP contribution is -2.45. The van der Waals surface area contributed by atoms with E-state index in [0.717, 1.165) is 31.2 Å². The van der Waals surface area contributed by atoms with E-state index in [9.17, 15) is 9.90 Å². The van der Waals surface area contributed by atoms with E-state index >= 15 is 0 Å². The Bertz CT molecular complexity index is 531. The van der Waals surface area contributed by atoms with Crippen LogP contribution in [0, 0.1) is 0 Å². The fraction of sp³-hybridized carbons (Fsp3) is 0.588. The van der Waals surface area contributed by atoms with Crippen LogP contribution in [-0.2, 0) is 21.6 Å². The van der Waals surface area contributed by atoms with Crippen LogP contribution in [-0.4, -0.2) is 29.8 Å². The van der Waals surface area contributed by atoms with Crippen molar-refractivity contribution in [3.8, 4) is 0 Å². The zero-order valence-electron chi connectivity index (χ0n) is 12.5. The first-order valence-corrected chi connectivity index (χ1v) is 7.82. The molecule has 1 aromatic rings. The summed E-state index contributed by atoms with van der Waals surface area (Å²) in [5.74, 6) is -0.101. The van der Waals surface area contributed by atoms with Crippen molar-refractivity contribution in [3.63, 3.8) is 0 Å². The maximum Gasteiger partial charge on any atom is 0.249 e. The highest BCUT2D eigenvalue weighted by Crippen LogP contribution is 2.34. The molecule has 3 atom stereocenters. The summed E-state index contributed by atoms with van der Waals surface area (Å²) in [7, 11) is 0. The van der Waals surface area contributed by atoms with Crippen LogP contribution in [0.15, 0.2) is 24.3 Å². The van der Waals surface area contributed by atoms with E-state index in [0.29, 0.717) is 6.42 Å². The SMILES string of the molecule is CC1CCC(C(=O)NCC2(O)CCCc3ccccc32)O1. The second-order valence-electron chi connectivity index (χ2n) is 6.27. The molecule has 0 radical (unpaired) electrons. The summed E-state index contributed by atoms with van der Waals surface area (Å²) in [5, 5.41) is 13.8. The van der Waals surface area contributed by atoms with Gasteiger partial charge in [-0.15, -0.1) is 0 Å². The number of hydrogen-bond donors (Lipinski definition) is 2. The number of rotatable bonds is 3. The molecule has 21 heavy (non-hydrogen) atoms. The predicted octanol–water partition coefficient (Wildman–Crippen LogP) is 1.89. The number of nitrogens with one attached hydrogen (secondary N) is 1. The van der Waals surface area contributed by atoms with Gasteiger partial charge in [0.25, 0.3) is 0 Å². The van der Waals surface area contributed by atoms with Gasteiger partial charge in [-0.2, -0.15) is 0 Å². The van der Waals surface area contributed by atoms with Gasteiger partial charge >= 0.3 is 0 Å². The molecular formula is C17H23NO3. The molecule has 0 spiro atoms. The minimum Gasteiger partial charge on any atom is -0.383 e. The number of aryl methyl sites for hydroxylation is 1.